The summed E-state index contributed by atoms with van der Waals surface area (Å²) >= 11 is 4.95. The first-order chi connectivity index (χ1) is 9.52. The second-order valence-electron chi connectivity index (χ2n) is 6.34. The molecule has 2 fully saturated rings. The SMILES string of the molecule is C=C(OC)[C@H]1N(C)CC2C[C@H](CCCC)CCO[C@]21S. The van der Waals surface area contributed by atoms with E-state index in [9.17, 15) is 0 Å². The van der Waals surface area contributed by atoms with Crippen molar-refractivity contribution in [3.8, 4) is 0 Å². The minimum atomic E-state index is -0.442. The van der Waals surface area contributed by atoms with Crippen LogP contribution < -0.4 is 0 Å². The summed E-state index contributed by atoms with van der Waals surface area (Å²) in [4.78, 5) is 1.84. The third kappa shape index (κ3) is 3.02. The van der Waals surface area contributed by atoms with Crippen LogP contribution in [0.2, 0.25) is 0 Å². The summed E-state index contributed by atoms with van der Waals surface area (Å²) in [6, 6.07) is 0.0470. The van der Waals surface area contributed by atoms with Crippen molar-refractivity contribution < 1.29 is 9.47 Å². The summed E-state index contributed by atoms with van der Waals surface area (Å²) < 4.78 is 11.6. The molecule has 0 spiro atoms. The van der Waals surface area contributed by atoms with Gasteiger partial charge < -0.3 is 9.47 Å². The Labute approximate surface area is 129 Å². The van der Waals surface area contributed by atoms with E-state index in [-0.39, 0.29) is 6.04 Å². The molecule has 0 saturated carbocycles. The number of nitrogens with zero attached hydrogens (tertiary/aromatic N) is 1. The molecule has 4 heteroatoms. The summed E-state index contributed by atoms with van der Waals surface area (Å²) in [7, 11) is 3.80. The van der Waals surface area contributed by atoms with E-state index in [1.807, 2.05) is 0 Å². The quantitative estimate of drug-likeness (QED) is 0.622. The Morgan fingerprint density at radius 2 is 2.30 bits per heavy atom. The van der Waals surface area contributed by atoms with Gasteiger partial charge in [-0.2, -0.15) is 0 Å². The number of ether oxygens (including phenoxy) is 2. The van der Waals surface area contributed by atoms with Crippen molar-refractivity contribution in [3.63, 3.8) is 0 Å². The maximum atomic E-state index is 6.21. The molecule has 2 aliphatic heterocycles. The molecule has 0 amide bonds. The lowest BCUT2D eigenvalue weighted by atomic mass is 9.86. The van der Waals surface area contributed by atoms with E-state index in [0.29, 0.717) is 5.92 Å². The van der Waals surface area contributed by atoms with E-state index in [0.717, 1.165) is 31.2 Å². The molecule has 0 aromatic heterocycles. The molecule has 2 heterocycles. The van der Waals surface area contributed by atoms with Gasteiger partial charge in [-0.15, -0.1) is 12.6 Å². The topological polar surface area (TPSA) is 21.7 Å². The summed E-state index contributed by atoms with van der Waals surface area (Å²) in [5, 5.41) is 0. The highest BCUT2D eigenvalue weighted by Crippen LogP contribution is 2.47. The first kappa shape index (κ1) is 16.2. The lowest BCUT2D eigenvalue weighted by Gasteiger charge is -2.35. The molecule has 0 radical (unpaired) electrons. The summed E-state index contributed by atoms with van der Waals surface area (Å²) in [6.07, 6.45) is 6.29. The molecule has 0 aromatic rings. The minimum absolute atomic E-state index is 0.0470. The van der Waals surface area contributed by atoms with Gasteiger partial charge in [0.05, 0.1) is 7.11 Å². The number of hydrogen-bond donors (Lipinski definition) is 1. The molecule has 3 nitrogen and oxygen atoms in total. The lowest BCUT2D eigenvalue weighted by Crippen LogP contribution is -2.45. The third-order valence-electron chi connectivity index (χ3n) is 4.94. The Morgan fingerprint density at radius 1 is 1.55 bits per heavy atom. The average Bonchev–Trinajstić information content (AvgIpc) is 2.56. The maximum Gasteiger partial charge on any atom is 0.137 e. The molecule has 0 aliphatic carbocycles. The zero-order valence-corrected chi connectivity index (χ0v) is 14.0. The van der Waals surface area contributed by atoms with Crippen molar-refractivity contribution in [2.75, 3.05) is 27.3 Å². The Morgan fingerprint density at radius 3 is 2.95 bits per heavy atom. The Balaban J connectivity index is 2.12. The molecule has 0 N–H and O–H groups in total. The zero-order chi connectivity index (χ0) is 14.8. The fourth-order valence-corrected chi connectivity index (χ4v) is 4.43. The van der Waals surface area contributed by atoms with Crippen molar-refractivity contribution in [2.24, 2.45) is 11.8 Å². The number of fused-ring (bicyclic) bond motifs is 1. The summed E-state index contributed by atoms with van der Waals surface area (Å²) in [5.41, 5.74) is 0. The fraction of sp³-hybridized carbons (Fsp3) is 0.875. The maximum absolute atomic E-state index is 6.21. The van der Waals surface area contributed by atoms with Gasteiger partial charge in [0.15, 0.2) is 0 Å². The largest absolute Gasteiger partial charge is 0.500 e. The normalized spacial score (nSPS) is 38.3. The Hall–Kier alpha value is -0.190. The van der Waals surface area contributed by atoms with E-state index in [4.69, 9.17) is 22.1 Å². The number of likely N-dealkylation sites (tertiary alicyclic amines) is 1. The third-order valence-corrected chi connectivity index (χ3v) is 5.68. The van der Waals surface area contributed by atoms with Crippen LogP contribution in [0.5, 0.6) is 0 Å². The monoisotopic (exact) mass is 299 g/mol. The minimum Gasteiger partial charge on any atom is -0.500 e. The van der Waals surface area contributed by atoms with Gasteiger partial charge in [-0.1, -0.05) is 32.8 Å². The van der Waals surface area contributed by atoms with Crippen LogP contribution in [0, 0.1) is 11.8 Å². The number of rotatable bonds is 5. The Kier molecular flexibility index (Phi) is 5.43. The lowest BCUT2D eigenvalue weighted by molar-refractivity contribution is -0.0106. The van der Waals surface area contributed by atoms with Crippen LogP contribution in [-0.2, 0) is 9.47 Å². The van der Waals surface area contributed by atoms with Crippen molar-refractivity contribution >= 4 is 12.6 Å². The molecule has 20 heavy (non-hydrogen) atoms. The molecule has 2 rings (SSSR count). The Bertz CT molecular complexity index is 349. The van der Waals surface area contributed by atoms with Gasteiger partial charge in [-0.3, -0.25) is 4.90 Å². The van der Waals surface area contributed by atoms with Crippen LogP contribution >= 0.6 is 12.6 Å². The molecular weight excluding hydrogens is 270 g/mol. The first-order valence-corrected chi connectivity index (χ1v) is 8.27. The van der Waals surface area contributed by atoms with E-state index in [2.05, 4.69) is 25.5 Å². The molecule has 0 aromatic carbocycles. The average molecular weight is 299 g/mol. The molecule has 4 atom stereocenters. The van der Waals surface area contributed by atoms with E-state index in [1.165, 1.54) is 25.7 Å². The van der Waals surface area contributed by atoms with Crippen molar-refractivity contribution in [2.45, 2.75) is 50.0 Å². The van der Waals surface area contributed by atoms with E-state index in [1.54, 1.807) is 7.11 Å². The predicted octanol–water partition coefficient (Wildman–Crippen LogP) is 3.32. The molecule has 1 unspecified atom stereocenters. The molecule has 2 aliphatic rings. The van der Waals surface area contributed by atoms with E-state index < -0.39 is 4.93 Å². The molecule has 2 saturated heterocycles. The number of hydrogen-bond acceptors (Lipinski definition) is 4. The van der Waals surface area contributed by atoms with Gasteiger partial charge in [-0.25, -0.2) is 0 Å². The van der Waals surface area contributed by atoms with Gasteiger partial charge in [0.25, 0.3) is 0 Å². The van der Waals surface area contributed by atoms with Gasteiger partial charge in [0.1, 0.15) is 16.7 Å². The highest BCUT2D eigenvalue weighted by Gasteiger charge is 2.54. The number of methoxy groups -OCH3 is 1. The van der Waals surface area contributed by atoms with Crippen molar-refractivity contribution in [1.29, 1.82) is 0 Å². The standard InChI is InChI=1S/C16H29NO2S/c1-5-6-7-13-8-9-19-16(20)14(10-13)11-17(3)15(16)12(2)18-4/h13-15,20H,2,5-11H2,1,3-4H3/t13-,14?,15-,16+/m1/s1. The second-order valence-corrected chi connectivity index (χ2v) is 7.04. The van der Waals surface area contributed by atoms with Gasteiger partial charge in [0, 0.05) is 19.1 Å². The number of likely N-dealkylation sites (N-methyl/N-ethyl adjacent to an activating group) is 1. The van der Waals surface area contributed by atoms with Crippen LogP contribution in [0.25, 0.3) is 0 Å². The highest BCUT2D eigenvalue weighted by atomic mass is 32.1. The number of unbranched alkanes of at least 4 members (excludes halogenated alkanes) is 1. The van der Waals surface area contributed by atoms with Crippen LogP contribution in [-0.4, -0.2) is 43.2 Å². The second kappa shape index (κ2) is 6.71. The van der Waals surface area contributed by atoms with Gasteiger partial charge in [-0.05, 0) is 25.8 Å². The van der Waals surface area contributed by atoms with Crippen molar-refractivity contribution in [1.82, 2.24) is 4.90 Å². The number of thiol groups is 1. The fourth-order valence-electron chi connectivity index (χ4n) is 3.82. The van der Waals surface area contributed by atoms with Gasteiger partial charge >= 0.3 is 0 Å². The van der Waals surface area contributed by atoms with E-state index >= 15 is 0 Å². The van der Waals surface area contributed by atoms with Crippen LogP contribution in [0.3, 0.4) is 0 Å². The van der Waals surface area contributed by atoms with Crippen LogP contribution in [0.1, 0.15) is 39.0 Å². The van der Waals surface area contributed by atoms with Gasteiger partial charge in [0.2, 0.25) is 0 Å². The predicted molar refractivity (Wildman–Crippen MR) is 86.0 cm³/mol. The zero-order valence-electron chi connectivity index (χ0n) is 13.1. The van der Waals surface area contributed by atoms with Crippen molar-refractivity contribution in [3.05, 3.63) is 12.3 Å². The molecule has 116 valence electrons. The summed E-state index contributed by atoms with van der Waals surface area (Å²) in [6.45, 7) is 8.12. The molecular formula is C16H29NO2S. The van der Waals surface area contributed by atoms with Crippen LogP contribution in [0.4, 0.5) is 0 Å². The summed E-state index contributed by atoms with van der Waals surface area (Å²) in [5.74, 6) is 1.99. The van der Waals surface area contributed by atoms with Crippen LogP contribution in [0.15, 0.2) is 12.3 Å². The first-order valence-electron chi connectivity index (χ1n) is 7.82. The molecule has 0 bridgehead atoms. The highest BCUT2D eigenvalue weighted by molar-refractivity contribution is 7.81. The smallest absolute Gasteiger partial charge is 0.137 e.